The molecule has 1 unspecified atom stereocenters. The van der Waals surface area contributed by atoms with Crippen LogP contribution in [0.3, 0.4) is 0 Å². The molecule has 5 nitrogen and oxygen atoms in total. The number of likely N-dealkylation sites (N-methyl/N-ethyl adjacent to an activating group) is 1. The van der Waals surface area contributed by atoms with E-state index in [9.17, 15) is 14.3 Å². The first-order chi connectivity index (χ1) is 9.95. The van der Waals surface area contributed by atoms with Gasteiger partial charge >= 0.3 is 5.97 Å². The number of nitrogen functional groups attached to an aromatic ring is 1. The quantitative estimate of drug-likeness (QED) is 0.835. The molecule has 3 N–H and O–H groups in total. The van der Waals surface area contributed by atoms with Gasteiger partial charge in [-0.2, -0.15) is 0 Å². The number of carboxylic acid groups (broad SMARTS) is 1. The minimum atomic E-state index is -1.19. The van der Waals surface area contributed by atoms with Crippen molar-refractivity contribution in [2.45, 2.75) is 25.8 Å². The zero-order chi connectivity index (χ0) is 15.6. The van der Waals surface area contributed by atoms with E-state index < -0.39 is 11.8 Å². The number of hydrogen-bond acceptors (Lipinski definition) is 4. The molecule has 1 aliphatic heterocycles. The summed E-state index contributed by atoms with van der Waals surface area (Å²) in [5.41, 5.74) is 5.76. The van der Waals surface area contributed by atoms with Crippen LogP contribution < -0.4 is 10.6 Å². The van der Waals surface area contributed by atoms with Gasteiger partial charge in [0.05, 0.1) is 11.4 Å². The van der Waals surface area contributed by atoms with Crippen LogP contribution in [0.25, 0.3) is 0 Å². The summed E-state index contributed by atoms with van der Waals surface area (Å²) in [5, 5.41) is 9.40. The number of aromatic carboxylic acids is 1. The molecule has 0 aliphatic carbocycles. The lowest BCUT2D eigenvalue weighted by atomic mass is 10.1. The summed E-state index contributed by atoms with van der Waals surface area (Å²) in [4.78, 5) is 15.8. The van der Waals surface area contributed by atoms with Crippen molar-refractivity contribution in [3.63, 3.8) is 0 Å². The molecule has 1 atom stereocenters. The van der Waals surface area contributed by atoms with Gasteiger partial charge in [0.1, 0.15) is 11.4 Å². The number of carboxylic acids is 1. The van der Waals surface area contributed by atoms with E-state index in [4.69, 9.17) is 5.73 Å². The molecule has 1 aromatic rings. The first-order valence-electron chi connectivity index (χ1n) is 7.22. The van der Waals surface area contributed by atoms with Crippen molar-refractivity contribution in [3.05, 3.63) is 23.5 Å². The van der Waals surface area contributed by atoms with E-state index in [-0.39, 0.29) is 17.3 Å². The molecule has 0 bridgehead atoms. The highest BCUT2D eigenvalue weighted by molar-refractivity contribution is 6.00. The van der Waals surface area contributed by atoms with E-state index in [1.165, 1.54) is 12.1 Å². The van der Waals surface area contributed by atoms with Gasteiger partial charge in [0.15, 0.2) is 0 Å². The summed E-state index contributed by atoms with van der Waals surface area (Å²) in [6.07, 6.45) is 1.82. The van der Waals surface area contributed by atoms with Gasteiger partial charge in [0.2, 0.25) is 0 Å². The maximum absolute atomic E-state index is 13.6. The molecule has 0 amide bonds. The highest BCUT2D eigenvalue weighted by Gasteiger charge is 2.27. The Bertz CT molecular complexity index is 536. The van der Waals surface area contributed by atoms with E-state index in [1.807, 2.05) is 0 Å². The maximum atomic E-state index is 13.6. The van der Waals surface area contributed by atoms with Gasteiger partial charge in [0.25, 0.3) is 0 Å². The van der Waals surface area contributed by atoms with Crippen LogP contribution in [0.5, 0.6) is 0 Å². The smallest absolute Gasteiger partial charge is 0.340 e. The Balaban J connectivity index is 2.48. The van der Waals surface area contributed by atoms with Crippen molar-refractivity contribution in [2.24, 2.45) is 0 Å². The Labute approximate surface area is 124 Å². The number of nitrogens with two attached hydrogens (primary N) is 1. The van der Waals surface area contributed by atoms with Gasteiger partial charge in [-0.25, -0.2) is 9.18 Å². The lowest BCUT2D eigenvalue weighted by Crippen LogP contribution is -2.40. The number of benzene rings is 1. The van der Waals surface area contributed by atoms with Crippen molar-refractivity contribution < 1.29 is 14.3 Å². The summed E-state index contributed by atoms with van der Waals surface area (Å²) in [5.74, 6) is -1.87. The topological polar surface area (TPSA) is 69.8 Å². The Kier molecular flexibility index (Phi) is 4.67. The summed E-state index contributed by atoms with van der Waals surface area (Å²) in [7, 11) is 2.06. The molecule has 116 valence electrons. The molecular weight excluding hydrogens is 273 g/mol. The second kappa shape index (κ2) is 6.30. The Hall–Kier alpha value is -1.82. The fourth-order valence-corrected chi connectivity index (χ4v) is 2.96. The van der Waals surface area contributed by atoms with Gasteiger partial charge in [-0.3, -0.25) is 0 Å². The number of rotatable bonds is 3. The number of anilines is 2. The number of carbonyl (C=O) groups is 1. The van der Waals surface area contributed by atoms with E-state index in [0.717, 1.165) is 32.5 Å². The molecule has 2 rings (SSSR count). The van der Waals surface area contributed by atoms with Crippen LogP contribution in [0.4, 0.5) is 15.8 Å². The largest absolute Gasteiger partial charge is 0.478 e. The molecule has 21 heavy (non-hydrogen) atoms. The van der Waals surface area contributed by atoms with E-state index in [2.05, 4.69) is 23.8 Å². The standard InChI is InChI=1S/C15H22FN3O2/c1-3-10-9-18(2)7-4-8-19(10)12-6-5-11(16)14(17)13(12)15(20)21/h5-6,10H,3-4,7-9,17H2,1-2H3,(H,20,21). The number of nitrogens with zero attached hydrogens (tertiary/aromatic N) is 2. The molecule has 0 spiro atoms. The molecule has 0 saturated carbocycles. The minimum absolute atomic E-state index is 0.127. The molecule has 1 aromatic carbocycles. The molecule has 1 saturated heterocycles. The number of halogens is 1. The van der Waals surface area contributed by atoms with Crippen LogP contribution in [0, 0.1) is 5.82 Å². The van der Waals surface area contributed by atoms with Crippen molar-refractivity contribution in [1.82, 2.24) is 4.90 Å². The Morgan fingerprint density at radius 3 is 2.81 bits per heavy atom. The number of hydrogen-bond donors (Lipinski definition) is 2. The second-order valence-corrected chi connectivity index (χ2v) is 5.53. The normalized spacial score (nSPS) is 20.3. The first kappa shape index (κ1) is 15.6. The molecular formula is C15H22FN3O2. The lowest BCUT2D eigenvalue weighted by Gasteiger charge is -2.33. The summed E-state index contributed by atoms with van der Waals surface area (Å²) in [6, 6.07) is 2.97. The summed E-state index contributed by atoms with van der Waals surface area (Å²) < 4.78 is 13.6. The Morgan fingerprint density at radius 1 is 1.48 bits per heavy atom. The zero-order valence-electron chi connectivity index (χ0n) is 12.5. The van der Waals surface area contributed by atoms with Crippen LogP contribution in [-0.4, -0.2) is 48.7 Å². The molecule has 0 radical (unpaired) electrons. The van der Waals surface area contributed by atoms with Crippen LogP contribution in [0.15, 0.2) is 12.1 Å². The minimum Gasteiger partial charge on any atom is -0.478 e. The van der Waals surface area contributed by atoms with Gasteiger partial charge in [-0.15, -0.1) is 0 Å². The van der Waals surface area contributed by atoms with Gasteiger partial charge in [-0.1, -0.05) is 6.92 Å². The van der Waals surface area contributed by atoms with Crippen LogP contribution in [0.1, 0.15) is 30.1 Å². The van der Waals surface area contributed by atoms with Crippen molar-refractivity contribution in [3.8, 4) is 0 Å². The molecule has 0 aromatic heterocycles. The maximum Gasteiger partial charge on any atom is 0.340 e. The third-order valence-electron chi connectivity index (χ3n) is 4.07. The van der Waals surface area contributed by atoms with E-state index >= 15 is 0 Å². The third kappa shape index (κ3) is 3.10. The fraction of sp³-hybridized carbons (Fsp3) is 0.533. The summed E-state index contributed by atoms with van der Waals surface area (Å²) >= 11 is 0. The fourth-order valence-electron chi connectivity index (χ4n) is 2.96. The Morgan fingerprint density at radius 2 is 2.19 bits per heavy atom. The van der Waals surface area contributed by atoms with E-state index in [0.29, 0.717) is 5.69 Å². The van der Waals surface area contributed by atoms with Crippen molar-refractivity contribution in [1.29, 1.82) is 0 Å². The molecule has 1 fully saturated rings. The highest BCUT2D eigenvalue weighted by Crippen LogP contribution is 2.31. The average Bonchev–Trinajstić information content (AvgIpc) is 2.62. The summed E-state index contributed by atoms with van der Waals surface area (Å²) in [6.45, 7) is 4.64. The monoisotopic (exact) mass is 295 g/mol. The lowest BCUT2D eigenvalue weighted by molar-refractivity contribution is 0.0698. The van der Waals surface area contributed by atoms with Gasteiger partial charge in [-0.05, 0) is 38.6 Å². The highest BCUT2D eigenvalue weighted by atomic mass is 19.1. The van der Waals surface area contributed by atoms with Gasteiger partial charge < -0.3 is 20.6 Å². The average molecular weight is 295 g/mol. The molecule has 6 heteroatoms. The van der Waals surface area contributed by atoms with Crippen molar-refractivity contribution >= 4 is 17.3 Å². The van der Waals surface area contributed by atoms with Crippen LogP contribution in [-0.2, 0) is 0 Å². The first-order valence-corrected chi connectivity index (χ1v) is 7.22. The van der Waals surface area contributed by atoms with Crippen LogP contribution >= 0.6 is 0 Å². The SMILES string of the molecule is CCC1CN(C)CCCN1c1ccc(F)c(N)c1C(=O)O. The molecule has 1 heterocycles. The molecule has 1 aliphatic rings. The van der Waals surface area contributed by atoms with Gasteiger partial charge in [0, 0.05) is 19.1 Å². The van der Waals surface area contributed by atoms with E-state index in [1.54, 1.807) is 0 Å². The zero-order valence-corrected chi connectivity index (χ0v) is 12.5. The predicted molar refractivity (Wildman–Crippen MR) is 81.3 cm³/mol. The van der Waals surface area contributed by atoms with Crippen LogP contribution in [0.2, 0.25) is 0 Å². The second-order valence-electron chi connectivity index (χ2n) is 5.53. The van der Waals surface area contributed by atoms with Crippen molar-refractivity contribution in [2.75, 3.05) is 37.3 Å². The third-order valence-corrected chi connectivity index (χ3v) is 4.07. The predicted octanol–water partition coefficient (Wildman–Crippen LogP) is 2.03.